The van der Waals surface area contributed by atoms with Crippen molar-refractivity contribution in [2.75, 3.05) is 7.11 Å². The molecule has 0 aliphatic heterocycles. The van der Waals surface area contributed by atoms with Crippen molar-refractivity contribution in [1.29, 1.82) is 0 Å². The first-order chi connectivity index (χ1) is 6.63. The molecule has 14 heavy (non-hydrogen) atoms. The summed E-state index contributed by atoms with van der Waals surface area (Å²) >= 11 is 3.37. The molecule has 0 aromatic heterocycles. The number of rotatable bonds is 2. The Balaban J connectivity index is 2.94. The second-order valence-corrected chi connectivity index (χ2v) is 3.78. The first kappa shape index (κ1) is 11.0. The van der Waals surface area contributed by atoms with Crippen molar-refractivity contribution in [2.24, 2.45) is 0 Å². The molecule has 0 fully saturated rings. The Morgan fingerprint density at radius 2 is 2.21 bits per heavy atom. The van der Waals surface area contributed by atoms with E-state index in [0.29, 0.717) is 0 Å². The Morgan fingerprint density at radius 1 is 1.50 bits per heavy atom. The first-order valence-corrected chi connectivity index (χ1v) is 4.95. The van der Waals surface area contributed by atoms with Gasteiger partial charge in [0, 0.05) is 10.5 Å². The Hall–Kier alpha value is -1.09. The van der Waals surface area contributed by atoms with Gasteiger partial charge in [0.2, 0.25) is 0 Å². The number of ether oxygens (including phenoxy) is 1. The molecule has 0 radical (unpaired) electrons. The Bertz CT molecular complexity index is 369. The maximum atomic E-state index is 11.0. The average molecular weight is 255 g/mol. The van der Waals surface area contributed by atoms with Crippen LogP contribution < -0.4 is 0 Å². The number of hydrogen-bond acceptors (Lipinski definition) is 2. The number of hydrogen-bond donors (Lipinski definition) is 0. The summed E-state index contributed by atoms with van der Waals surface area (Å²) in [5.74, 6) is -0.331. The van der Waals surface area contributed by atoms with Gasteiger partial charge in [-0.15, -0.1) is 0 Å². The highest BCUT2D eigenvalue weighted by Crippen LogP contribution is 2.18. The van der Waals surface area contributed by atoms with Crippen LogP contribution in [0.15, 0.2) is 34.8 Å². The van der Waals surface area contributed by atoms with E-state index in [2.05, 4.69) is 20.7 Å². The van der Waals surface area contributed by atoms with Gasteiger partial charge in [0.25, 0.3) is 0 Å². The third kappa shape index (κ3) is 3.00. The van der Waals surface area contributed by atoms with E-state index in [1.165, 1.54) is 13.2 Å². The zero-order valence-electron chi connectivity index (χ0n) is 8.08. The molecule has 0 heterocycles. The number of halogens is 1. The average Bonchev–Trinajstić information content (AvgIpc) is 2.17. The standard InChI is InChI=1S/C11H11BrO2/c1-8(6-11(13)14-2)9-4-3-5-10(12)7-9/h3-7H,1-2H3/b8-6+. The molecular weight excluding hydrogens is 244 g/mol. The molecule has 0 aliphatic carbocycles. The molecular formula is C11H11BrO2. The van der Waals surface area contributed by atoms with Crippen molar-refractivity contribution in [3.05, 3.63) is 40.4 Å². The molecule has 2 nitrogen and oxygen atoms in total. The lowest BCUT2D eigenvalue weighted by atomic mass is 10.1. The van der Waals surface area contributed by atoms with E-state index in [1.54, 1.807) is 0 Å². The molecule has 0 saturated carbocycles. The maximum absolute atomic E-state index is 11.0. The monoisotopic (exact) mass is 254 g/mol. The molecule has 1 aromatic carbocycles. The zero-order valence-corrected chi connectivity index (χ0v) is 9.67. The molecule has 1 aromatic rings. The van der Waals surface area contributed by atoms with Crippen molar-refractivity contribution >= 4 is 27.5 Å². The summed E-state index contributed by atoms with van der Waals surface area (Å²) in [5, 5.41) is 0. The van der Waals surface area contributed by atoms with Gasteiger partial charge in [0.15, 0.2) is 0 Å². The quantitative estimate of drug-likeness (QED) is 0.599. The van der Waals surface area contributed by atoms with E-state index in [4.69, 9.17) is 0 Å². The van der Waals surface area contributed by atoms with Gasteiger partial charge in [-0.2, -0.15) is 0 Å². The van der Waals surface area contributed by atoms with E-state index in [1.807, 2.05) is 31.2 Å². The number of carbonyl (C=O) groups excluding carboxylic acids is 1. The summed E-state index contributed by atoms with van der Waals surface area (Å²) in [6.45, 7) is 1.87. The topological polar surface area (TPSA) is 26.3 Å². The lowest BCUT2D eigenvalue weighted by molar-refractivity contribution is -0.134. The lowest BCUT2D eigenvalue weighted by Gasteiger charge is -2.01. The van der Waals surface area contributed by atoms with E-state index in [-0.39, 0.29) is 5.97 Å². The van der Waals surface area contributed by atoms with E-state index < -0.39 is 0 Å². The lowest BCUT2D eigenvalue weighted by Crippen LogP contribution is -1.95. The SMILES string of the molecule is COC(=O)/C=C(\C)c1cccc(Br)c1. The Labute approximate surface area is 91.7 Å². The second kappa shape index (κ2) is 4.96. The summed E-state index contributed by atoms with van der Waals surface area (Å²) in [7, 11) is 1.37. The van der Waals surface area contributed by atoms with Gasteiger partial charge in [-0.25, -0.2) is 4.79 Å². The van der Waals surface area contributed by atoms with Gasteiger partial charge in [0.05, 0.1) is 7.11 Å². The van der Waals surface area contributed by atoms with Crippen LogP contribution in [0, 0.1) is 0 Å². The third-order valence-electron chi connectivity index (χ3n) is 1.82. The summed E-state index contributed by atoms with van der Waals surface area (Å²) in [4.78, 5) is 11.0. The molecule has 0 unspecified atom stereocenters. The smallest absolute Gasteiger partial charge is 0.330 e. The number of esters is 1. The van der Waals surface area contributed by atoms with Crippen LogP contribution in [-0.2, 0) is 9.53 Å². The largest absolute Gasteiger partial charge is 0.466 e. The Kier molecular flexibility index (Phi) is 3.89. The maximum Gasteiger partial charge on any atom is 0.330 e. The minimum absolute atomic E-state index is 0.331. The van der Waals surface area contributed by atoms with Gasteiger partial charge < -0.3 is 4.74 Å². The van der Waals surface area contributed by atoms with Crippen molar-refractivity contribution in [3.8, 4) is 0 Å². The molecule has 1 rings (SSSR count). The number of methoxy groups -OCH3 is 1. The molecule has 0 bridgehead atoms. The van der Waals surface area contributed by atoms with Crippen LogP contribution in [-0.4, -0.2) is 13.1 Å². The molecule has 0 spiro atoms. The summed E-state index contributed by atoms with van der Waals surface area (Å²) in [5.41, 5.74) is 1.89. The van der Waals surface area contributed by atoms with Gasteiger partial charge in [0.1, 0.15) is 0 Å². The van der Waals surface area contributed by atoms with Gasteiger partial charge in [-0.05, 0) is 30.2 Å². The van der Waals surface area contributed by atoms with Crippen LogP contribution in [0.3, 0.4) is 0 Å². The van der Waals surface area contributed by atoms with Crippen molar-refractivity contribution < 1.29 is 9.53 Å². The van der Waals surface area contributed by atoms with Crippen LogP contribution in [0.25, 0.3) is 5.57 Å². The van der Waals surface area contributed by atoms with Crippen molar-refractivity contribution in [2.45, 2.75) is 6.92 Å². The fourth-order valence-electron chi connectivity index (χ4n) is 1.05. The third-order valence-corrected chi connectivity index (χ3v) is 2.31. The molecule has 0 aliphatic rings. The summed E-state index contributed by atoms with van der Waals surface area (Å²) in [6, 6.07) is 7.76. The molecule has 0 atom stereocenters. The summed E-state index contributed by atoms with van der Waals surface area (Å²) in [6.07, 6.45) is 1.47. The van der Waals surface area contributed by atoms with Crippen LogP contribution >= 0.6 is 15.9 Å². The number of allylic oxidation sites excluding steroid dienone is 1. The van der Waals surface area contributed by atoms with E-state index >= 15 is 0 Å². The Morgan fingerprint density at radius 3 is 2.79 bits per heavy atom. The normalized spacial score (nSPS) is 11.2. The second-order valence-electron chi connectivity index (χ2n) is 2.86. The fraction of sp³-hybridized carbons (Fsp3) is 0.182. The fourth-order valence-corrected chi connectivity index (χ4v) is 1.45. The minimum Gasteiger partial charge on any atom is -0.466 e. The predicted octanol–water partition coefficient (Wildman–Crippen LogP) is 3.03. The highest BCUT2D eigenvalue weighted by molar-refractivity contribution is 9.10. The van der Waals surface area contributed by atoms with Crippen LogP contribution in [0.2, 0.25) is 0 Å². The summed E-state index contributed by atoms with van der Waals surface area (Å²) < 4.78 is 5.54. The molecule has 0 N–H and O–H groups in total. The van der Waals surface area contributed by atoms with E-state index in [0.717, 1.165) is 15.6 Å². The molecule has 3 heteroatoms. The minimum atomic E-state index is -0.331. The predicted molar refractivity (Wildman–Crippen MR) is 59.8 cm³/mol. The van der Waals surface area contributed by atoms with Crippen molar-refractivity contribution in [1.82, 2.24) is 0 Å². The molecule has 0 saturated heterocycles. The van der Waals surface area contributed by atoms with Gasteiger partial charge in [-0.3, -0.25) is 0 Å². The van der Waals surface area contributed by atoms with Crippen LogP contribution in [0.4, 0.5) is 0 Å². The van der Waals surface area contributed by atoms with E-state index in [9.17, 15) is 4.79 Å². The van der Waals surface area contributed by atoms with Crippen LogP contribution in [0.5, 0.6) is 0 Å². The van der Waals surface area contributed by atoms with Crippen LogP contribution in [0.1, 0.15) is 12.5 Å². The van der Waals surface area contributed by atoms with Gasteiger partial charge in [-0.1, -0.05) is 28.1 Å². The molecule has 0 amide bonds. The van der Waals surface area contributed by atoms with Gasteiger partial charge >= 0.3 is 5.97 Å². The highest BCUT2D eigenvalue weighted by atomic mass is 79.9. The molecule has 74 valence electrons. The zero-order chi connectivity index (χ0) is 10.6. The first-order valence-electron chi connectivity index (χ1n) is 4.15. The highest BCUT2D eigenvalue weighted by Gasteiger charge is 1.99. The number of carbonyl (C=O) groups is 1. The number of benzene rings is 1. The van der Waals surface area contributed by atoms with Crippen molar-refractivity contribution in [3.63, 3.8) is 0 Å².